The number of benzene rings is 4. The number of nitrogens with zero attached hydrogens (tertiary/aromatic N) is 13. The van der Waals surface area contributed by atoms with Crippen molar-refractivity contribution in [2.24, 2.45) is 85.9 Å². The molecule has 0 spiro atoms. The van der Waals surface area contributed by atoms with Gasteiger partial charge in [-0.3, -0.25) is 57.3 Å². The molecule has 146 heavy (non-hydrogen) atoms. The number of rotatable bonds is 29. The van der Waals surface area contributed by atoms with Gasteiger partial charge in [0.25, 0.3) is 0 Å². The van der Waals surface area contributed by atoms with Crippen LogP contribution in [0.3, 0.4) is 0 Å². The quantitative estimate of drug-likeness (QED) is 0.0316. The molecule has 4 aromatic carbocycles. The normalized spacial score (nSPS) is 19.1. The first-order valence-corrected chi connectivity index (χ1v) is 52.4. The van der Waals surface area contributed by atoms with Gasteiger partial charge in [-0.2, -0.15) is 20.4 Å². The summed E-state index contributed by atoms with van der Waals surface area (Å²) in [6, 6.07) is 20.0. The second kappa shape index (κ2) is 47.1. The highest BCUT2D eigenvalue weighted by atomic mass is 35.5. The molecule has 0 bridgehead atoms. The number of ketones is 4. The van der Waals surface area contributed by atoms with Crippen molar-refractivity contribution in [2.75, 3.05) is 35.0 Å². The summed E-state index contributed by atoms with van der Waals surface area (Å²) in [4.78, 5) is 122. The molecule has 0 radical (unpaired) electrons. The molecule has 5 saturated carbocycles. The van der Waals surface area contributed by atoms with E-state index in [4.69, 9.17) is 51.1 Å². The highest BCUT2D eigenvalue weighted by Gasteiger charge is 2.46. The Morgan fingerprint density at radius 2 is 0.685 bits per heavy atom. The zero-order chi connectivity index (χ0) is 105. The third-order valence-electron chi connectivity index (χ3n) is 29.4. The summed E-state index contributed by atoms with van der Waals surface area (Å²) < 4.78 is 71.9. The first-order chi connectivity index (χ1) is 69.5. The number of nitrogens with one attached hydrogen (secondary N) is 4. The second-order valence-corrected chi connectivity index (χ2v) is 43.7. The molecule has 26 nitrogen and oxygen atoms in total. The monoisotopic (exact) mass is 2070 g/mol. The lowest BCUT2D eigenvalue weighted by molar-refractivity contribution is -0.126. The molecular weight excluding hydrogens is 1950 g/mol. The van der Waals surface area contributed by atoms with Crippen LogP contribution < -0.4 is 21.3 Å². The number of hydrogen-bond donors (Lipinski definition) is 4. The summed E-state index contributed by atoms with van der Waals surface area (Å²) in [5, 5.41) is 33.5. The van der Waals surface area contributed by atoms with Gasteiger partial charge in [-0.1, -0.05) is 140 Å². The van der Waals surface area contributed by atoms with Crippen molar-refractivity contribution >= 4 is 166 Å². The highest BCUT2D eigenvalue weighted by molar-refractivity contribution is 6.35. The number of anilines is 4. The molecule has 34 heteroatoms. The Bertz CT molecular complexity index is 7060. The molecule has 5 fully saturated rings. The summed E-state index contributed by atoms with van der Waals surface area (Å²) in [6.45, 7) is 20.1. The van der Waals surface area contributed by atoms with Gasteiger partial charge >= 0.3 is 0 Å². The van der Waals surface area contributed by atoms with E-state index < -0.39 is 23.3 Å². The van der Waals surface area contributed by atoms with E-state index in [1.54, 1.807) is 49.9 Å². The number of fused-ring (bicyclic) bond motifs is 4. The maximum Gasteiger partial charge on any atom is 0.228 e. The lowest BCUT2D eigenvalue weighted by Gasteiger charge is -2.28. The zero-order valence-electron chi connectivity index (χ0n) is 85.5. The van der Waals surface area contributed by atoms with Crippen molar-refractivity contribution in [3.63, 3.8) is 0 Å². The fourth-order valence-electron chi connectivity index (χ4n) is 22.2. The van der Waals surface area contributed by atoms with Gasteiger partial charge in [0.1, 0.15) is 69.3 Å². The van der Waals surface area contributed by atoms with Crippen molar-refractivity contribution in [2.45, 2.75) is 247 Å². The first kappa shape index (κ1) is 108. The summed E-state index contributed by atoms with van der Waals surface area (Å²) in [6.07, 6.45) is 28.2. The van der Waals surface area contributed by atoms with E-state index in [2.05, 4.69) is 66.6 Å². The Morgan fingerprint density at radius 1 is 0.404 bits per heavy atom. The van der Waals surface area contributed by atoms with Gasteiger partial charge in [-0.25, -0.2) is 37.5 Å². The van der Waals surface area contributed by atoms with Crippen LogP contribution in [0.4, 0.5) is 40.8 Å². The van der Waals surface area contributed by atoms with Crippen molar-refractivity contribution in [1.82, 2.24) is 59.1 Å². The summed E-state index contributed by atoms with van der Waals surface area (Å²) in [5.41, 5.74) is 10.5. The van der Waals surface area contributed by atoms with Crippen molar-refractivity contribution < 1.29 is 60.7 Å². The molecule has 8 atom stereocenters. The first-order valence-electron chi connectivity index (χ1n) is 50.8. The highest BCUT2D eigenvalue weighted by Crippen LogP contribution is 2.50. The number of halogens is 8. The standard InChI is InChI=1S/C30H33ClFN5O2.C29H34ClFN4O2.C27H32ClFN4O3.C26H30ClFN4O2/c1-17(2)29-24-12-20(13-26(32)28(24)36-37(29)3)23-15-27(34-16-25(23)31)35-30(39)19-7-4-6-18(10-19)11-22(38)14-21-8-5-9-33-21;1-16(2)27-21-12-19(13-23(31)26(21)34-35(27)4)20-14-25(32-15-22(20)30)33-28(37)18-7-5-6-17(10-18)11-24(36)29(3)8-9-29;1-15(2)26-21-10-18(11-23(29)25(21)32-33(26)3)20-12-24(30-13-22(20)28)31-27(35)17-7-5-6-16(8-17)9-19(34)14-36-4;1-14(2)25-20-10-18(11-22(28)24(20)31-32(25)4)19-12-23(29-13-21(19)27)30-26(34)17-7-5-6-16(9-17)8-15(3)33/h8-9,12-13,15-19H,4-7,10-11,14H2,1-3H3,(H,34,35,39);12-18H,5-11H2,1-4H3,(H,32,33,37);10-13,15-17H,5-9,14H2,1-4H3,(H,30,31,35);10-14,16-17H,5-9H2,1-4H3,(H,29,30,34)/t18-,19+;17-,18+;16-,17+;16-,17-/m1110/s1. The van der Waals surface area contributed by atoms with Gasteiger partial charge < -0.3 is 30.8 Å². The van der Waals surface area contributed by atoms with Crippen LogP contribution in [0.2, 0.25) is 20.1 Å². The van der Waals surface area contributed by atoms with Crippen LogP contribution in [0.1, 0.15) is 270 Å². The van der Waals surface area contributed by atoms with Crippen LogP contribution in [0.15, 0.2) is 114 Å². The molecule has 4 amide bonds. The van der Waals surface area contributed by atoms with Crippen molar-refractivity contribution in [3.05, 3.63) is 175 Å². The molecular formula is C112H129Cl4F4N17O9. The van der Waals surface area contributed by atoms with E-state index in [-0.39, 0.29) is 124 Å². The van der Waals surface area contributed by atoms with Crippen LogP contribution in [-0.4, -0.2) is 126 Å². The molecule has 772 valence electrons. The minimum Gasteiger partial charge on any atom is -0.377 e. The van der Waals surface area contributed by atoms with Crippen LogP contribution >= 0.6 is 46.4 Å². The second-order valence-electron chi connectivity index (χ2n) is 42.1. The number of pyridine rings is 4. The molecule has 4 N–H and O–H groups in total. The minimum atomic E-state index is -0.431. The topological polar surface area (TPSA) is 329 Å². The Balaban J connectivity index is 0.000000146. The number of amides is 4. The largest absolute Gasteiger partial charge is 0.377 e. The molecule has 8 aromatic heterocycles. The van der Waals surface area contributed by atoms with Gasteiger partial charge in [-0.05, 0) is 239 Å². The van der Waals surface area contributed by atoms with Gasteiger partial charge in [0.2, 0.25) is 23.6 Å². The number of hydrogen-bond acceptors (Lipinski definition) is 18. The lowest BCUT2D eigenvalue weighted by atomic mass is 9.77. The van der Waals surface area contributed by atoms with Gasteiger partial charge in [-0.15, -0.1) is 0 Å². The van der Waals surface area contributed by atoms with Gasteiger partial charge in [0, 0.05) is 206 Å². The Labute approximate surface area is 868 Å². The van der Waals surface area contributed by atoms with Gasteiger partial charge in [0.05, 0.1) is 20.1 Å². The summed E-state index contributed by atoms with van der Waals surface area (Å²) in [7, 11) is 8.77. The summed E-state index contributed by atoms with van der Waals surface area (Å²) in [5.74, 6) is 0.856. The molecule has 5 aliphatic carbocycles. The van der Waals surface area contributed by atoms with Crippen LogP contribution in [0.25, 0.3) is 88.1 Å². The number of methoxy groups -OCH3 is 1. The summed E-state index contributed by atoms with van der Waals surface area (Å²) >= 11 is 25.9. The molecule has 0 unspecified atom stereocenters. The van der Waals surface area contributed by atoms with Crippen LogP contribution in [-0.2, 0) is 71.3 Å². The number of allylic oxidation sites excluding steroid dienone is 2. The molecule has 0 saturated heterocycles. The average Bonchev–Trinajstić information content (AvgIpc) is 1.61. The maximum atomic E-state index is 15.1. The average molecular weight is 2080 g/mol. The Morgan fingerprint density at radius 3 is 0.945 bits per heavy atom. The molecule has 18 rings (SSSR count). The molecule has 9 heterocycles. The Hall–Kier alpha value is -11.8. The van der Waals surface area contributed by atoms with E-state index >= 15 is 13.2 Å². The van der Waals surface area contributed by atoms with E-state index in [1.807, 2.05) is 127 Å². The fourth-order valence-corrected chi connectivity index (χ4v) is 23.0. The number of ether oxygens (including phenoxy) is 1. The number of aromatic nitrogens is 12. The third-order valence-corrected chi connectivity index (χ3v) is 30.6. The maximum absolute atomic E-state index is 15.1. The predicted octanol–water partition coefficient (Wildman–Crippen LogP) is 26.2. The molecule has 12 aromatic rings. The van der Waals surface area contributed by atoms with Crippen LogP contribution in [0, 0.1) is 76.0 Å². The predicted molar refractivity (Wildman–Crippen MR) is 568 cm³/mol. The van der Waals surface area contributed by atoms with Crippen molar-refractivity contribution in [3.8, 4) is 44.5 Å². The smallest absolute Gasteiger partial charge is 0.228 e. The Kier molecular flexibility index (Phi) is 35.0. The SMILES string of the molecule is CC(=O)C[C@@H]1CCC[C@H](C(=O)Nc2cc(-c3cc(F)c4nn(C)c(C(C)C)c4c3)c(Cl)cn2)C1.CC(C)c1c2cc(-c3cc(NC(=O)[C@H]4CCC[C@@H](CC(=O)C5(C)CC5)C4)ncc3Cl)cc(F)c2nn1C.CC(C)c1c2cc(-c3cc(NC(=O)[C@H]4CCC[C@@H](CC(=O)CC5=CCC=N5)C4)ncc3Cl)cc(F)c2nn1C.COCC(=O)C[C@@H]1CCC[C@H](C(=O)Nc2cc(-c3cc(F)c4nn(C)c(C(C)C)c4c3)c(Cl)cn2)C1. The number of aryl methyl sites for hydroxylation is 4. The van der Waals surface area contributed by atoms with E-state index in [0.717, 1.165) is 153 Å². The van der Waals surface area contributed by atoms with E-state index in [1.165, 1.54) is 56.2 Å². The van der Waals surface area contributed by atoms with Gasteiger partial charge in [0.15, 0.2) is 29.1 Å². The van der Waals surface area contributed by atoms with E-state index in [9.17, 15) is 42.7 Å². The zero-order valence-corrected chi connectivity index (χ0v) is 88.5. The third kappa shape index (κ3) is 25.8. The molecule has 6 aliphatic rings. The lowest BCUT2D eigenvalue weighted by Crippen LogP contribution is -2.30. The number of carbonyl (C=O) groups excluding carboxylic acids is 8. The number of Topliss-reactive ketones (excluding diaryl/α,β-unsaturated/α-hetero) is 4. The fraction of sp³-hybridized carbons (Fsp3) is 0.473. The molecule has 1 aliphatic heterocycles. The van der Waals surface area contributed by atoms with Crippen LogP contribution in [0.5, 0.6) is 0 Å². The minimum absolute atomic E-state index is 0.0611. The van der Waals surface area contributed by atoms with E-state index in [0.29, 0.717) is 167 Å². The number of carbonyl (C=O) groups is 8. The number of aliphatic imine (C=N–C) groups is 1. The van der Waals surface area contributed by atoms with Crippen molar-refractivity contribution in [1.29, 1.82) is 0 Å².